The molecule has 1 atom stereocenters. The molecule has 0 fully saturated rings. The van der Waals surface area contributed by atoms with Gasteiger partial charge in [0, 0.05) is 12.1 Å². The number of hydrogen-bond acceptors (Lipinski definition) is 2. The van der Waals surface area contributed by atoms with E-state index in [4.69, 9.17) is 0 Å². The van der Waals surface area contributed by atoms with Crippen LogP contribution in [0.25, 0.3) is 0 Å². The lowest BCUT2D eigenvalue weighted by atomic mass is 9.92. The van der Waals surface area contributed by atoms with Crippen molar-refractivity contribution in [3.05, 3.63) is 0 Å². The summed E-state index contributed by atoms with van der Waals surface area (Å²) >= 11 is 0. The minimum absolute atomic E-state index is 0.704. The quantitative estimate of drug-likeness (QED) is 0.625. The maximum absolute atomic E-state index is 2.31. The van der Waals surface area contributed by atoms with Gasteiger partial charge in [0.15, 0.2) is 0 Å². The Bertz CT molecular complexity index is 157. The first kappa shape index (κ1) is 29.9. The average Bonchev–Trinajstić information content (AvgIpc) is 2.41. The fraction of sp³-hybridized carbons (Fsp3) is 1.00. The molecule has 0 heterocycles. The van der Waals surface area contributed by atoms with Crippen LogP contribution in [0.2, 0.25) is 0 Å². The highest BCUT2D eigenvalue weighted by Crippen LogP contribution is 2.15. The zero-order chi connectivity index (χ0) is 19.0. The van der Waals surface area contributed by atoms with Gasteiger partial charge in [-0.1, -0.05) is 69.2 Å². The Kier molecular flexibility index (Phi) is 25.8. The van der Waals surface area contributed by atoms with Gasteiger partial charge in [0.05, 0.1) is 0 Å². The Morgan fingerprint density at radius 1 is 0.455 bits per heavy atom. The summed E-state index contributed by atoms with van der Waals surface area (Å²) in [5, 5.41) is 0. The molecule has 2 nitrogen and oxygen atoms in total. The highest BCUT2D eigenvalue weighted by Gasteiger charge is 2.18. The summed E-state index contributed by atoms with van der Waals surface area (Å²) in [6, 6.07) is 1.43. The summed E-state index contributed by atoms with van der Waals surface area (Å²) in [7, 11) is 8.55. The topological polar surface area (TPSA) is 6.48 Å². The fourth-order valence-electron chi connectivity index (χ4n) is 2.56. The van der Waals surface area contributed by atoms with Crippen LogP contribution in [0.4, 0.5) is 0 Å². The monoisotopic (exact) mass is 318 g/mol. The van der Waals surface area contributed by atoms with Crippen molar-refractivity contribution >= 4 is 0 Å². The third kappa shape index (κ3) is 18.0. The van der Waals surface area contributed by atoms with Gasteiger partial charge in [-0.25, -0.2) is 0 Å². The van der Waals surface area contributed by atoms with Gasteiger partial charge in [0.1, 0.15) is 0 Å². The van der Waals surface area contributed by atoms with Crippen molar-refractivity contribution in [3.8, 4) is 0 Å². The summed E-state index contributed by atoms with van der Waals surface area (Å²) in [6.07, 6.45) is 0. The summed E-state index contributed by atoms with van der Waals surface area (Å²) in [5.74, 6) is 2.29. The maximum atomic E-state index is 2.31. The van der Waals surface area contributed by atoms with E-state index in [9.17, 15) is 0 Å². The summed E-state index contributed by atoms with van der Waals surface area (Å²) in [5.41, 5.74) is 0. The molecule has 22 heavy (non-hydrogen) atoms. The second-order valence-corrected chi connectivity index (χ2v) is 6.89. The lowest BCUT2D eigenvalue weighted by Gasteiger charge is -2.31. The normalized spacial score (nSPS) is 11.9. The van der Waals surface area contributed by atoms with Crippen LogP contribution in [0.3, 0.4) is 0 Å². The molecule has 0 aliphatic carbocycles. The van der Waals surface area contributed by atoms with Crippen molar-refractivity contribution in [2.75, 3.05) is 28.2 Å². The Morgan fingerprint density at radius 3 is 0.727 bits per heavy atom. The Morgan fingerprint density at radius 2 is 0.727 bits per heavy atom. The molecule has 0 spiro atoms. The first-order chi connectivity index (χ1) is 10.0. The second-order valence-electron chi connectivity index (χ2n) is 6.89. The highest BCUT2D eigenvalue weighted by molar-refractivity contribution is 4.72. The molecule has 0 aromatic carbocycles. The second kappa shape index (κ2) is 19.0. The van der Waals surface area contributed by atoms with E-state index in [0.717, 1.165) is 23.8 Å². The van der Waals surface area contributed by atoms with E-state index < -0.39 is 0 Å². The third-order valence-electron chi connectivity index (χ3n) is 3.74. The predicted octanol–water partition coefficient (Wildman–Crippen LogP) is 5.87. The van der Waals surface area contributed by atoms with E-state index in [0.29, 0.717) is 6.04 Å². The lowest BCUT2D eigenvalue weighted by molar-refractivity contribution is 0.176. The Balaban J connectivity index is -0.000000121. The van der Waals surface area contributed by atoms with Crippen LogP contribution >= 0.6 is 0 Å². The molecule has 140 valence electrons. The SMILES string of the molecule is CC.CC.CC(C)C(C(C)C)N(C)C.CC(C)[C@@H](C)N(C)C. The lowest BCUT2D eigenvalue weighted by Crippen LogP contribution is -2.37. The van der Waals surface area contributed by atoms with Crippen LogP contribution < -0.4 is 0 Å². The zero-order valence-corrected chi connectivity index (χ0v) is 18.8. The standard InChI is InChI=1S/C9H21N.C7H17N.2C2H6/c1-7(2)9(8(3)4)10(5)6;1-6(2)7(3)8(4)5;2*1-2/h7-9H,1-6H3;6-7H,1-5H3;2*1-2H3/t;7-;;/m.1../s1. The van der Waals surface area contributed by atoms with E-state index in [2.05, 4.69) is 86.5 Å². The van der Waals surface area contributed by atoms with Gasteiger partial charge in [0.25, 0.3) is 0 Å². The molecule has 0 saturated carbocycles. The minimum Gasteiger partial charge on any atom is -0.306 e. The molecule has 0 N–H and O–H groups in total. The first-order valence-corrected chi connectivity index (χ1v) is 9.35. The largest absolute Gasteiger partial charge is 0.306 e. The maximum Gasteiger partial charge on any atom is 0.0135 e. The summed E-state index contributed by atoms with van der Waals surface area (Å²) in [6.45, 7) is 23.9. The van der Waals surface area contributed by atoms with Gasteiger partial charge >= 0.3 is 0 Å². The molecule has 0 aromatic heterocycles. The number of hydrogen-bond donors (Lipinski definition) is 0. The van der Waals surface area contributed by atoms with Gasteiger partial charge in [-0.2, -0.15) is 0 Å². The first-order valence-electron chi connectivity index (χ1n) is 9.35. The van der Waals surface area contributed by atoms with Crippen molar-refractivity contribution < 1.29 is 0 Å². The van der Waals surface area contributed by atoms with Crippen LogP contribution in [-0.2, 0) is 0 Å². The van der Waals surface area contributed by atoms with E-state index in [1.807, 2.05) is 27.7 Å². The molecule has 0 radical (unpaired) electrons. The Labute approximate surface area is 144 Å². The van der Waals surface area contributed by atoms with Crippen molar-refractivity contribution in [2.45, 2.75) is 88.2 Å². The molecule has 0 aliphatic heterocycles. The molecular formula is C20H50N2. The Hall–Kier alpha value is -0.0800. The molecule has 0 aromatic rings. The number of rotatable bonds is 5. The van der Waals surface area contributed by atoms with Crippen LogP contribution in [0.1, 0.15) is 76.2 Å². The molecule has 0 amide bonds. The van der Waals surface area contributed by atoms with Crippen LogP contribution in [0.5, 0.6) is 0 Å². The molecular weight excluding hydrogens is 268 g/mol. The van der Waals surface area contributed by atoms with Crippen LogP contribution in [-0.4, -0.2) is 50.1 Å². The fourth-order valence-corrected chi connectivity index (χ4v) is 2.56. The van der Waals surface area contributed by atoms with Crippen molar-refractivity contribution in [2.24, 2.45) is 17.8 Å². The molecule has 2 heteroatoms. The van der Waals surface area contributed by atoms with Gasteiger partial charge in [-0.05, 0) is 52.9 Å². The predicted molar refractivity (Wildman–Crippen MR) is 108 cm³/mol. The molecule has 0 aliphatic rings. The highest BCUT2D eigenvalue weighted by atomic mass is 15.1. The van der Waals surface area contributed by atoms with Crippen molar-refractivity contribution in [1.29, 1.82) is 0 Å². The summed E-state index contributed by atoms with van der Waals surface area (Å²) < 4.78 is 0. The van der Waals surface area contributed by atoms with Crippen LogP contribution in [0.15, 0.2) is 0 Å². The molecule has 0 rings (SSSR count). The summed E-state index contributed by atoms with van der Waals surface area (Å²) in [4.78, 5) is 4.56. The van der Waals surface area contributed by atoms with E-state index in [-0.39, 0.29) is 0 Å². The van der Waals surface area contributed by atoms with Crippen LogP contribution in [0, 0.1) is 17.8 Å². The smallest absolute Gasteiger partial charge is 0.0135 e. The van der Waals surface area contributed by atoms with Crippen molar-refractivity contribution in [3.63, 3.8) is 0 Å². The van der Waals surface area contributed by atoms with E-state index >= 15 is 0 Å². The van der Waals surface area contributed by atoms with Gasteiger partial charge in [-0.15, -0.1) is 0 Å². The van der Waals surface area contributed by atoms with E-state index in [1.54, 1.807) is 0 Å². The average molecular weight is 319 g/mol. The molecule has 0 bridgehead atoms. The molecule has 0 unspecified atom stereocenters. The molecule has 0 saturated heterocycles. The van der Waals surface area contributed by atoms with Gasteiger partial charge < -0.3 is 9.80 Å². The van der Waals surface area contributed by atoms with Gasteiger partial charge in [-0.3, -0.25) is 0 Å². The van der Waals surface area contributed by atoms with Gasteiger partial charge in [0.2, 0.25) is 0 Å². The third-order valence-corrected chi connectivity index (χ3v) is 3.74. The zero-order valence-electron chi connectivity index (χ0n) is 18.8. The van der Waals surface area contributed by atoms with Crippen molar-refractivity contribution in [1.82, 2.24) is 9.80 Å². The minimum atomic E-state index is 0.704. The van der Waals surface area contributed by atoms with E-state index in [1.165, 1.54) is 0 Å². The number of nitrogens with zero attached hydrogens (tertiary/aromatic N) is 2.